The average Bonchev–Trinajstić information content (AvgIpc) is 3.30. The van der Waals surface area contributed by atoms with Crippen LogP contribution in [0, 0.1) is 6.92 Å². The summed E-state index contributed by atoms with van der Waals surface area (Å²) in [5.41, 5.74) is 7.78. The second-order valence-corrected chi connectivity index (χ2v) is 7.96. The van der Waals surface area contributed by atoms with Gasteiger partial charge >= 0.3 is 0 Å². The Balaban J connectivity index is 1.59. The Morgan fingerprint density at radius 2 is 2.07 bits per heavy atom. The van der Waals surface area contributed by atoms with Crippen LogP contribution in [-0.4, -0.2) is 31.7 Å². The van der Waals surface area contributed by atoms with Gasteiger partial charge in [-0.25, -0.2) is 4.98 Å². The van der Waals surface area contributed by atoms with Crippen LogP contribution in [0.25, 0.3) is 10.6 Å². The minimum atomic E-state index is 0.341. The topological polar surface area (TPSA) is 81.8 Å². The lowest BCUT2D eigenvalue weighted by atomic mass is 10.2. The molecule has 0 aliphatic carbocycles. The number of hydrogen-bond donors (Lipinski definition) is 2. The molecule has 0 radical (unpaired) electrons. The van der Waals surface area contributed by atoms with E-state index in [9.17, 15) is 0 Å². The van der Waals surface area contributed by atoms with Crippen molar-refractivity contribution < 1.29 is 9.47 Å². The van der Waals surface area contributed by atoms with Gasteiger partial charge in [0.25, 0.3) is 0 Å². The Hall–Kier alpha value is -2.58. The van der Waals surface area contributed by atoms with E-state index in [1.807, 2.05) is 25.1 Å². The normalized spacial score (nSPS) is 11.4. The van der Waals surface area contributed by atoms with Gasteiger partial charge in [-0.3, -0.25) is 4.99 Å². The molecule has 0 fully saturated rings. The van der Waals surface area contributed by atoms with Crippen LogP contribution in [0.1, 0.15) is 9.88 Å². The lowest BCUT2D eigenvalue weighted by Gasteiger charge is -2.12. The SMILES string of the molecule is COc1ccc(OC)c(NC(N)=NCCc2ccc(-c3csc(C)n3)s2)c1. The number of hydrogen-bond acceptors (Lipinski definition) is 6. The van der Waals surface area contributed by atoms with E-state index in [2.05, 4.69) is 32.8 Å². The molecule has 0 aliphatic rings. The third-order valence-corrected chi connectivity index (χ3v) is 5.78. The van der Waals surface area contributed by atoms with Gasteiger partial charge in [-0.05, 0) is 31.2 Å². The third-order valence-electron chi connectivity index (χ3n) is 3.84. The molecule has 0 bridgehead atoms. The lowest BCUT2D eigenvalue weighted by Crippen LogP contribution is -2.23. The maximum Gasteiger partial charge on any atom is 0.193 e. The van der Waals surface area contributed by atoms with Gasteiger partial charge < -0.3 is 20.5 Å². The number of aryl methyl sites for hydroxylation is 1. The molecule has 1 aromatic carbocycles. The predicted molar refractivity (Wildman–Crippen MR) is 114 cm³/mol. The van der Waals surface area contributed by atoms with Crippen molar-refractivity contribution in [2.24, 2.45) is 10.7 Å². The molecule has 0 amide bonds. The molecule has 2 heterocycles. The molecule has 0 spiro atoms. The zero-order valence-electron chi connectivity index (χ0n) is 15.5. The van der Waals surface area contributed by atoms with Gasteiger partial charge in [0, 0.05) is 29.3 Å². The van der Waals surface area contributed by atoms with E-state index in [0.717, 1.165) is 28.6 Å². The molecule has 0 atom stereocenters. The number of nitrogens with two attached hydrogens (primary N) is 1. The third kappa shape index (κ3) is 4.99. The molecule has 3 rings (SSSR count). The average molecular weight is 403 g/mol. The van der Waals surface area contributed by atoms with Gasteiger partial charge in [-0.2, -0.15) is 0 Å². The minimum absolute atomic E-state index is 0.341. The summed E-state index contributed by atoms with van der Waals surface area (Å²) in [5.74, 6) is 1.73. The van der Waals surface area contributed by atoms with E-state index in [1.165, 1.54) is 9.75 Å². The summed E-state index contributed by atoms with van der Waals surface area (Å²) >= 11 is 3.41. The van der Waals surface area contributed by atoms with Crippen LogP contribution in [0.2, 0.25) is 0 Å². The summed E-state index contributed by atoms with van der Waals surface area (Å²) in [6.45, 7) is 2.62. The summed E-state index contributed by atoms with van der Waals surface area (Å²) in [4.78, 5) is 11.4. The van der Waals surface area contributed by atoms with Gasteiger partial charge in [-0.15, -0.1) is 22.7 Å². The smallest absolute Gasteiger partial charge is 0.193 e. The van der Waals surface area contributed by atoms with Crippen LogP contribution in [-0.2, 0) is 6.42 Å². The van der Waals surface area contributed by atoms with Crippen molar-refractivity contribution in [1.29, 1.82) is 0 Å². The molecule has 0 unspecified atom stereocenters. The molecular formula is C19H22N4O2S2. The number of ether oxygens (including phenoxy) is 2. The number of guanidine groups is 1. The van der Waals surface area contributed by atoms with Gasteiger partial charge in [0.1, 0.15) is 11.5 Å². The molecule has 27 heavy (non-hydrogen) atoms. The first-order chi connectivity index (χ1) is 13.1. The number of thiazole rings is 1. The van der Waals surface area contributed by atoms with Gasteiger partial charge in [0.05, 0.1) is 35.5 Å². The van der Waals surface area contributed by atoms with E-state index in [1.54, 1.807) is 36.9 Å². The Labute approximate surface area is 166 Å². The minimum Gasteiger partial charge on any atom is -0.497 e. The maximum atomic E-state index is 6.02. The molecule has 142 valence electrons. The Morgan fingerprint density at radius 1 is 1.22 bits per heavy atom. The number of anilines is 1. The highest BCUT2D eigenvalue weighted by Crippen LogP contribution is 2.30. The number of benzene rings is 1. The van der Waals surface area contributed by atoms with Crippen molar-refractivity contribution in [3.63, 3.8) is 0 Å². The highest BCUT2D eigenvalue weighted by atomic mass is 32.1. The summed E-state index contributed by atoms with van der Waals surface area (Å²) in [7, 11) is 3.23. The number of rotatable bonds is 7. The van der Waals surface area contributed by atoms with Crippen molar-refractivity contribution in [3.05, 3.63) is 45.6 Å². The summed E-state index contributed by atoms with van der Waals surface area (Å²) in [6.07, 6.45) is 0.825. The monoisotopic (exact) mass is 402 g/mol. The molecule has 0 aliphatic heterocycles. The first-order valence-electron chi connectivity index (χ1n) is 8.39. The van der Waals surface area contributed by atoms with Crippen LogP contribution in [0.15, 0.2) is 40.7 Å². The zero-order valence-corrected chi connectivity index (χ0v) is 17.1. The highest BCUT2D eigenvalue weighted by Gasteiger charge is 2.07. The van der Waals surface area contributed by atoms with E-state index >= 15 is 0 Å². The first kappa shape index (κ1) is 19.2. The zero-order chi connectivity index (χ0) is 19.2. The number of aromatic nitrogens is 1. The van der Waals surface area contributed by atoms with E-state index < -0.39 is 0 Å². The standard InChI is InChI=1S/C19H22N4O2S2/c1-12-22-16(11-26-12)18-7-5-14(27-18)8-9-21-19(20)23-15-10-13(24-2)4-6-17(15)25-3/h4-7,10-11H,8-9H2,1-3H3,(H3,20,21,23). The fourth-order valence-electron chi connectivity index (χ4n) is 2.50. The van der Waals surface area contributed by atoms with Gasteiger partial charge in [-0.1, -0.05) is 0 Å². The second-order valence-electron chi connectivity index (χ2n) is 5.73. The number of nitrogens with zero attached hydrogens (tertiary/aromatic N) is 2. The number of aliphatic imine (C=N–C) groups is 1. The maximum absolute atomic E-state index is 6.02. The highest BCUT2D eigenvalue weighted by molar-refractivity contribution is 7.16. The summed E-state index contributed by atoms with van der Waals surface area (Å²) < 4.78 is 10.6. The summed E-state index contributed by atoms with van der Waals surface area (Å²) in [5, 5.41) is 6.24. The van der Waals surface area contributed by atoms with Crippen LogP contribution < -0.4 is 20.5 Å². The molecule has 0 saturated carbocycles. The fourth-order valence-corrected chi connectivity index (χ4v) is 4.15. The van der Waals surface area contributed by atoms with E-state index in [0.29, 0.717) is 18.3 Å². The number of nitrogens with one attached hydrogen (secondary N) is 1. The molecule has 3 N–H and O–H groups in total. The molecule has 6 nitrogen and oxygen atoms in total. The molecule has 8 heteroatoms. The fraction of sp³-hybridized carbons (Fsp3) is 0.263. The molecular weight excluding hydrogens is 380 g/mol. The Morgan fingerprint density at radius 3 is 2.78 bits per heavy atom. The Kier molecular flexibility index (Phi) is 6.31. The van der Waals surface area contributed by atoms with Crippen LogP contribution in [0.3, 0.4) is 0 Å². The first-order valence-corrected chi connectivity index (χ1v) is 10.1. The predicted octanol–water partition coefficient (Wildman–Crippen LogP) is 4.17. The van der Waals surface area contributed by atoms with Crippen molar-refractivity contribution in [2.45, 2.75) is 13.3 Å². The van der Waals surface area contributed by atoms with E-state index in [-0.39, 0.29) is 0 Å². The molecule has 0 saturated heterocycles. The second kappa shape index (κ2) is 8.88. The van der Waals surface area contributed by atoms with Crippen molar-refractivity contribution in [1.82, 2.24) is 4.98 Å². The quantitative estimate of drug-likeness (QED) is 0.458. The molecule has 3 aromatic rings. The summed E-state index contributed by atoms with van der Waals surface area (Å²) in [6, 6.07) is 9.71. The van der Waals surface area contributed by atoms with Crippen LogP contribution in [0.4, 0.5) is 5.69 Å². The van der Waals surface area contributed by atoms with Crippen LogP contribution in [0.5, 0.6) is 11.5 Å². The van der Waals surface area contributed by atoms with Gasteiger partial charge in [0.15, 0.2) is 5.96 Å². The van der Waals surface area contributed by atoms with Crippen molar-refractivity contribution in [3.8, 4) is 22.1 Å². The Bertz CT molecular complexity index is 933. The van der Waals surface area contributed by atoms with E-state index in [4.69, 9.17) is 15.2 Å². The van der Waals surface area contributed by atoms with Crippen molar-refractivity contribution >= 4 is 34.3 Å². The number of methoxy groups -OCH3 is 2. The van der Waals surface area contributed by atoms with Crippen molar-refractivity contribution in [2.75, 3.05) is 26.1 Å². The lowest BCUT2D eigenvalue weighted by molar-refractivity contribution is 0.405. The van der Waals surface area contributed by atoms with Gasteiger partial charge in [0.2, 0.25) is 0 Å². The number of thiophene rings is 1. The van der Waals surface area contributed by atoms with Crippen LogP contribution >= 0.6 is 22.7 Å². The largest absolute Gasteiger partial charge is 0.497 e. The molecule has 2 aromatic heterocycles.